The number of hydrogen-bond acceptors (Lipinski definition) is 5. The monoisotopic (exact) mass is 290 g/mol. The second-order valence-electron chi connectivity index (χ2n) is 5.68. The quantitative estimate of drug-likeness (QED) is 0.911. The molecule has 106 valence electrons. The van der Waals surface area contributed by atoms with Crippen molar-refractivity contribution in [2.75, 3.05) is 11.9 Å². The van der Waals surface area contributed by atoms with Gasteiger partial charge in [-0.3, -0.25) is 4.79 Å². The van der Waals surface area contributed by atoms with E-state index in [1.165, 1.54) is 5.56 Å². The molecule has 3 heterocycles. The molecule has 20 heavy (non-hydrogen) atoms. The number of carbonyl (C=O) groups excluding carboxylic acids is 1. The fraction of sp³-hybridized carbons (Fsp3) is 0.500. The fourth-order valence-corrected chi connectivity index (χ4v) is 3.55. The molecule has 0 spiro atoms. The highest BCUT2D eigenvalue weighted by atomic mass is 32.1. The summed E-state index contributed by atoms with van der Waals surface area (Å²) in [7, 11) is 0. The van der Waals surface area contributed by atoms with Crippen LogP contribution in [0, 0.1) is 13.8 Å². The number of carbonyl (C=O) groups is 1. The van der Waals surface area contributed by atoms with Crippen molar-refractivity contribution in [1.29, 1.82) is 0 Å². The summed E-state index contributed by atoms with van der Waals surface area (Å²) in [6.07, 6.45) is 1.46. The van der Waals surface area contributed by atoms with E-state index in [4.69, 9.17) is 0 Å². The maximum atomic E-state index is 11.4. The molecule has 2 N–H and O–H groups in total. The molecule has 1 aliphatic rings. The normalized spacial score (nSPS) is 22.2. The van der Waals surface area contributed by atoms with Crippen LogP contribution in [-0.4, -0.2) is 28.0 Å². The zero-order valence-corrected chi connectivity index (χ0v) is 12.7. The van der Waals surface area contributed by atoms with Crippen molar-refractivity contribution >= 4 is 33.3 Å². The lowest BCUT2D eigenvalue weighted by molar-refractivity contribution is -0.119. The topological polar surface area (TPSA) is 66.9 Å². The second kappa shape index (κ2) is 4.70. The summed E-state index contributed by atoms with van der Waals surface area (Å²) in [6.45, 7) is 6.72. The van der Waals surface area contributed by atoms with Crippen LogP contribution >= 0.6 is 11.3 Å². The number of hydrogen-bond donors (Lipinski definition) is 2. The van der Waals surface area contributed by atoms with E-state index in [-0.39, 0.29) is 11.4 Å². The molecule has 1 amide bonds. The van der Waals surface area contributed by atoms with Crippen molar-refractivity contribution in [2.24, 2.45) is 0 Å². The Morgan fingerprint density at radius 2 is 2.25 bits per heavy atom. The molecule has 0 aromatic carbocycles. The Hall–Kier alpha value is -1.69. The van der Waals surface area contributed by atoms with Gasteiger partial charge in [-0.2, -0.15) is 0 Å². The van der Waals surface area contributed by atoms with Gasteiger partial charge in [0.2, 0.25) is 5.91 Å². The summed E-state index contributed by atoms with van der Waals surface area (Å²) in [4.78, 5) is 21.4. The summed E-state index contributed by atoms with van der Waals surface area (Å²) in [5, 5.41) is 9.62. The number of amides is 1. The first-order chi connectivity index (χ1) is 9.47. The Morgan fingerprint density at radius 1 is 1.45 bits per heavy atom. The van der Waals surface area contributed by atoms with Gasteiger partial charge >= 0.3 is 0 Å². The van der Waals surface area contributed by atoms with E-state index in [1.807, 2.05) is 6.92 Å². The van der Waals surface area contributed by atoms with Gasteiger partial charge in [-0.15, -0.1) is 11.3 Å². The van der Waals surface area contributed by atoms with Crippen LogP contribution in [0.4, 0.5) is 5.82 Å². The average molecular weight is 290 g/mol. The molecule has 0 aliphatic carbocycles. The van der Waals surface area contributed by atoms with E-state index in [0.717, 1.165) is 28.3 Å². The van der Waals surface area contributed by atoms with Gasteiger partial charge < -0.3 is 10.6 Å². The van der Waals surface area contributed by atoms with Crippen molar-refractivity contribution in [3.8, 4) is 0 Å². The number of nitrogens with zero attached hydrogens (tertiary/aromatic N) is 2. The lowest BCUT2D eigenvalue weighted by Gasteiger charge is -2.24. The SMILES string of the molecule is Cc1nc(NCC2(C)CCC(=O)N2)c2c(C)csc2n1. The van der Waals surface area contributed by atoms with Gasteiger partial charge in [0.1, 0.15) is 16.5 Å². The highest BCUT2D eigenvalue weighted by molar-refractivity contribution is 7.17. The molecule has 1 saturated heterocycles. The molecular formula is C14H18N4OS. The molecule has 3 rings (SSSR count). The Bertz CT molecular complexity index is 681. The maximum absolute atomic E-state index is 11.4. The second-order valence-corrected chi connectivity index (χ2v) is 6.54. The molecule has 6 heteroatoms. The highest BCUT2D eigenvalue weighted by Crippen LogP contribution is 2.30. The predicted octanol–water partition coefficient (Wildman–Crippen LogP) is 2.39. The van der Waals surface area contributed by atoms with E-state index >= 15 is 0 Å². The number of fused-ring (bicyclic) bond motifs is 1. The minimum Gasteiger partial charge on any atom is -0.367 e. The van der Waals surface area contributed by atoms with Crippen LogP contribution < -0.4 is 10.6 Å². The minimum atomic E-state index is -0.188. The van der Waals surface area contributed by atoms with Gasteiger partial charge in [0.25, 0.3) is 0 Å². The van der Waals surface area contributed by atoms with Gasteiger partial charge in [-0.25, -0.2) is 9.97 Å². The summed E-state index contributed by atoms with van der Waals surface area (Å²) in [6, 6.07) is 0. The first-order valence-corrected chi connectivity index (χ1v) is 7.62. The molecule has 5 nitrogen and oxygen atoms in total. The van der Waals surface area contributed by atoms with Crippen LogP contribution in [0.25, 0.3) is 10.2 Å². The van der Waals surface area contributed by atoms with Gasteiger partial charge in [0.05, 0.1) is 10.9 Å². The molecule has 1 fully saturated rings. The first kappa shape index (κ1) is 13.3. The van der Waals surface area contributed by atoms with Gasteiger partial charge in [-0.1, -0.05) is 0 Å². The van der Waals surface area contributed by atoms with Crippen molar-refractivity contribution in [3.05, 3.63) is 16.8 Å². The average Bonchev–Trinajstić information content (AvgIpc) is 2.91. The zero-order chi connectivity index (χ0) is 14.3. The number of aryl methyl sites for hydroxylation is 2. The van der Waals surface area contributed by atoms with Gasteiger partial charge in [0.15, 0.2) is 0 Å². The third-order valence-electron chi connectivity index (χ3n) is 3.72. The van der Waals surface area contributed by atoms with Crippen molar-refractivity contribution in [3.63, 3.8) is 0 Å². The van der Waals surface area contributed by atoms with Gasteiger partial charge in [-0.05, 0) is 38.1 Å². The van der Waals surface area contributed by atoms with Crippen LogP contribution in [0.15, 0.2) is 5.38 Å². The van der Waals surface area contributed by atoms with Crippen LogP contribution in [0.1, 0.15) is 31.2 Å². The predicted molar refractivity (Wildman–Crippen MR) is 81.2 cm³/mol. The summed E-state index contributed by atoms with van der Waals surface area (Å²) in [5.74, 6) is 1.76. The third-order valence-corrected chi connectivity index (χ3v) is 4.71. The fourth-order valence-electron chi connectivity index (χ4n) is 2.58. The van der Waals surface area contributed by atoms with E-state index in [9.17, 15) is 4.79 Å². The van der Waals surface area contributed by atoms with Gasteiger partial charge in [0, 0.05) is 13.0 Å². The molecule has 1 aliphatic heterocycles. The maximum Gasteiger partial charge on any atom is 0.220 e. The van der Waals surface area contributed by atoms with E-state index < -0.39 is 0 Å². The highest BCUT2D eigenvalue weighted by Gasteiger charge is 2.32. The standard InChI is InChI=1S/C14H18N4OS/c1-8-6-20-13-11(8)12(16-9(2)17-13)15-7-14(3)5-4-10(19)18-14/h6H,4-5,7H2,1-3H3,(H,18,19)(H,15,16,17). The smallest absolute Gasteiger partial charge is 0.220 e. The molecule has 0 saturated carbocycles. The summed E-state index contributed by atoms with van der Waals surface area (Å²) < 4.78 is 0. The summed E-state index contributed by atoms with van der Waals surface area (Å²) >= 11 is 1.64. The van der Waals surface area contributed by atoms with Crippen LogP contribution in [0.3, 0.4) is 0 Å². The molecule has 0 bridgehead atoms. The van der Waals surface area contributed by atoms with Crippen molar-refractivity contribution in [2.45, 2.75) is 39.2 Å². The van der Waals surface area contributed by atoms with E-state index in [1.54, 1.807) is 11.3 Å². The Kier molecular flexibility index (Phi) is 3.12. The molecule has 0 radical (unpaired) electrons. The zero-order valence-electron chi connectivity index (χ0n) is 11.9. The largest absolute Gasteiger partial charge is 0.367 e. The lowest BCUT2D eigenvalue weighted by atomic mass is 10.0. The lowest BCUT2D eigenvalue weighted by Crippen LogP contribution is -2.44. The Balaban J connectivity index is 1.87. The van der Waals surface area contributed by atoms with Crippen molar-refractivity contribution < 1.29 is 4.79 Å². The molecule has 2 aromatic heterocycles. The summed E-state index contributed by atoms with van der Waals surface area (Å²) in [5.41, 5.74) is 1.000. The number of thiophene rings is 1. The third kappa shape index (κ3) is 2.35. The molecule has 2 aromatic rings. The molecule has 1 unspecified atom stereocenters. The van der Waals surface area contributed by atoms with E-state index in [2.05, 4.69) is 39.8 Å². The molecular weight excluding hydrogens is 272 g/mol. The Morgan fingerprint density at radius 3 is 2.95 bits per heavy atom. The van der Waals surface area contributed by atoms with Crippen molar-refractivity contribution in [1.82, 2.24) is 15.3 Å². The Labute approximate surface area is 121 Å². The van der Waals surface area contributed by atoms with Crippen LogP contribution in [0.5, 0.6) is 0 Å². The van der Waals surface area contributed by atoms with E-state index in [0.29, 0.717) is 13.0 Å². The minimum absolute atomic E-state index is 0.130. The first-order valence-electron chi connectivity index (χ1n) is 6.74. The van der Waals surface area contributed by atoms with Crippen LogP contribution in [-0.2, 0) is 4.79 Å². The number of anilines is 1. The number of aromatic nitrogens is 2. The number of nitrogens with one attached hydrogen (secondary N) is 2. The van der Waals surface area contributed by atoms with Crippen LogP contribution in [0.2, 0.25) is 0 Å². The number of rotatable bonds is 3. The molecule has 1 atom stereocenters.